The van der Waals surface area contributed by atoms with Crippen molar-refractivity contribution in [2.75, 3.05) is 0 Å². The molecule has 1 heteroatoms. The van der Waals surface area contributed by atoms with Gasteiger partial charge < -0.3 is 0 Å². The molecule has 0 saturated carbocycles. The van der Waals surface area contributed by atoms with Crippen molar-refractivity contribution < 1.29 is 4.79 Å². The maximum atomic E-state index is 11.0. The van der Waals surface area contributed by atoms with Gasteiger partial charge in [-0.05, 0) is 6.42 Å². The fraction of sp³-hybridized carbons (Fsp3) is 0.444. The Morgan fingerprint density at radius 3 is 2.90 bits per heavy atom. The van der Waals surface area contributed by atoms with Gasteiger partial charge in [0.15, 0.2) is 0 Å². The number of terminal acetylenes is 1. The molecule has 1 atom stereocenters. The summed E-state index contributed by atoms with van der Waals surface area (Å²) in [6, 6.07) is 0. The third-order valence-corrected chi connectivity index (χ3v) is 1.81. The second-order valence-corrected chi connectivity index (χ2v) is 2.49. The molecule has 0 heterocycles. The Balaban J connectivity index is 2.72. The minimum atomic E-state index is 0.103. The van der Waals surface area contributed by atoms with Crippen molar-refractivity contribution in [3.63, 3.8) is 0 Å². The molecule has 1 aliphatic carbocycles. The standard InChI is InChI=1S/C9H10O/c1-3-7-5-8(4-2)9(10)6-7/h1,5,8H,4,6H2,2H3. The van der Waals surface area contributed by atoms with Crippen molar-refractivity contribution in [3.8, 4) is 12.3 Å². The van der Waals surface area contributed by atoms with Crippen LogP contribution in [0.15, 0.2) is 11.6 Å². The van der Waals surface area contributed by atoms with Gasteiger partial charge in [-0.2, -0.15) is 0 Å². The molecule has 1 unspecified atom stereocenters. The van der Waals surface area contributed by atoms with Crippen LogP contribution in [0, 0.1) is 18.3 Å². The molecule has 0 amide bonds. The second kappa shape index (κ2) is 2.70. The predicted molar refractivity (Wildman–Crippen MR) is 40.3 cm³/mol. The number of Topliss-reactive ketones (excluding diaryl/α,β-unsaturated/α-hetero) is 1. The predicted octanol–water partition coefficient (Wildman–Crippen LogP) is 1.54. The van der Waals surface area contributed by atoms with Gasteiger partial charge in [0.25, 0.3) is 0 Å². The number of hydrogen-bond donors (Lipinski definition) is 0. The van der Waals surface area contributed by atoms with E-state index >= 15 is 0 Å². The summed E-state index contributed by atoms with van der Waals surface area (Å²) < 4.78 is 0. The lowest BCUT2D eigenvalue weighted by atomic mass is 10.1. The first kappa shape index (κ1) is 7.08. The van der Waals surface area contributed by atoms with E-state index in [0.717, 1.165) is 12.0 Å². The van der Waals surface area contributed by atoms with Crippen LogP contribution in [0.3, 0.4) is 0 Å². The Labute approximate surface area is 61.1 Å². The maximum absolute atomic E-state index is 11.0. The lowest BCUT2D eigenvalue weighted by Gasteiger charge is -1.97. The van der Waals surface area contributed by atoms with Crippen molar-refractivity contribution in [1.29, 1.82) is 0 Å². The average molecular weight is 134 g/mol. The van der Waals surface area contributed by atoms with Crippen LogP contribution in [-0.4, -0.2) is 5.78 Å². The van der Waals surface area contributed by atoms with Crippen molar-refractivity contribution in [2.45, 2.75) is 19.8 Å². The lowest BCUT2D eigenvalue weighted by molar-refractivity contribution is -0.120. The van der Waals surface area contributed by atoms with Gasteiger partial charge in [-0.1, -0.05) is 18.9 Å². The Kier molecular flexibility index (Phi) is 1.91. The van der Waals surface area contributed by atoms with E-state index in [-0.39, 0.29) is 11.7 Å². The molecule has 0 aromatic heterocycles. The van der Waals surface area contributed by atoms with E-state index in [0.29, 0.717) is 6.42 Å². The molecule has 1 aliphatic rings. The van der Waals surface area contributed by atoms with Crippen LogP contribution in [0.5, 0.6) is 0 Å². The summed E-state index contributed by atoms with van der Waals surface area (Å²) in [5.74, 6) is 2.88. The van der Waals surface area contributed by atoms with Crippen LogP contribution in [0.1, 0.15) is 19.8 Å². The molecule has 0 saturated heterocycles. The quantitative estimate of drug-likeness (QED) is 0.497. The van der Waals surface area contributed by atoms with E-state index in [1.165, 1.54) is 0 Å². The van der Waals surface area contributed by atoms with E-state index in [9.17, 15) is 4.79 Å². The summed E-state index contributed by atoms with van der Waals surface area (Å²) in [4.78, 5) is 11.0. The highest BCUT2D eigenvalue weighted by Gasteiger charge is 2.21. The summed E-state index contributed by atoms with van der Waals surface area (Å²) in [5.41, 5.74) is 0.858. The van der Waals surface area contributed by atoms with E-state index < -0.39 is 0 Å². The normalized spacial score (nSPS) is 24.2. The zero-order valence-electron chi connectivity index (χ0n) is 6.05. The lowest BCUT2D eigenvalue weighted by Crippen LogP contribution is -2.03. The number of allylic oxidation sites excluding steroid dienone is 2. The molecule has 0 aliphatic heterocycles. The molecule has 52 valence electrons. The van der Waals surface area contributed by atoms with Gasteiger partial charge in [-0.3, -0.25) is 4.79 Å². The molecule has 1 rings (SSSR count). The van der Waals surface area contributed by atoms with Gasteiger partial charge in [0.1, 0.15) is 5.78 Å². The maximum Gasteiger partial charge on any atom is 0.144 e. The van der Waals surface area contributed by atoms with Crippen molar-refractivity contribution in [3.05, 3.63) is 11.6 Å². The summed E-state index contributed by atoms with van der Waals surface area (Å²) in [6.07, 6.45) is 8.41. The average Bonchev–Trinajstić information content (AvgIpc) is 2.30. The summed E-state index contributed by atoms with van der Waals surface area (Å²) in [5, 5.41) is 0. The first-order valence-electron chi connectivity index (χ1n) is 3.48. The smallest absolute Gasteiger partial charge is 0.144 e. The Hall–Kier alpha value is -1.03. The van der Waals surface area contributed by atoms with Crippen LogP contribution >= 0.6 is 0 Å². The number of hydrogen-bond acceptors (Lipinski definition) is 1. The second-order valence-electron chi connectivity index (χ2n) is 2.49. The molecule has 0 fully saturated rings. The first-order valence-corrected chi connectivity index (χ1v) is 3.48. The molecule has 0 N–H and O–H groups in total. The molecule has 0 bridgehead atoms. The van der Waals surface area contributed by atoms with E-state index in [1.54, 1.807) is 0 Å². The molecule has 0 spiro atoms. The van der Waals surface area contributed by atoms with Crippen LogP contribution in [0.2, 0.25) is 0 Å². The highest BCUT2D eigenvalue weighted by atomic mass is 16.1. The minimum absolute atomic E-state index is 0.103. The number of ketones is 1. The number of carbonyl (C=O) groups excluding carboxylic acids is 1. The summed E-state index contributed by atoms with van der Waals surface area (Å²) in [7, 11) is 0. The van der Waals surface area contributed by atoms with Gasteiger partial charge in [-0.25, -0.2) is 0 Å². The number of carbonyl (C=O) groups is 1. The summed E-state index contributed by atoms with van der Waals surface area (Å²) >= 11 is 0. The van der Waals surface area contributed by atoms with E-state index in [2.05, 4.69) is 5.92 Å². The monoisotopic (exact) mass is 134 g/mol. The fourth-order valence-corrected chi connectivity index (χ4v) is 1.16. The van der Waals surface area contributed by atoms with Gasteiger partial charge in [-0.15, -0.1) is 6.42 Å². The van der Waals surface area contributed by atoms with Crippen LogP contribution in [0.4, 0.5) is 0 Å². The SMILES string of the molecule is C#CC1=CC(CC)C(=O)C1. The highest BCUT2D eigenvalue weighted by Crippen LogP contribution is 2.21. The molecular formula is C9H10O. The summed E-state index contributed by atoms with van der Waals surface area (Å²) in [6.45, 7) is 2.00. The van der Waals surface area contributed by atoms with Gasteiger partial charge in [0.2, 0.25) is 0 Å². The first-order chi connectivity index (χ1) is 4.77. The van der Waals surface area contributed by atoms with Crippen molar-refractivity contribution >= 4 is 5.78 Å². The fourth-order valence-electron chi connectivity index (χ4n) is 1.16. The molecular weight excluding hydrogens is 124 g/mol. The highest BCUT2D eigenvalue weighted by molar-refractivity contribution is 5.89. The Morgan fingerprint density at radius 2 is 2.60 bits per heavy atom. The third-order valence-electron chi connectivity index (χ3n) is 1.81. The van der Waals surface area contributed by atoms with Gasteiger partial charge >= 0.3 is 0 Å². The van der Waals surface area contributed by atoms with Crippen molar-refractivity contribution in [2.24, 2.45) is 5.92 Å². The number of rotatable bonds is 1. The largest absolute Gasteiger partial charge is 0.299 e. The minimum Gasteiger partial charge on any atom is -0.299 e. The molecule has 0 aromatic carbocycles. The molecule has 1 nitrogen and oxygen atoms in total. The Bertz CT molecular complexity index is 217. The van der Waals surface area contributed by atoms with E-state index in [4.69, 9.17) is 6.42 Å². The Morgan fingerprint density at radius 1 is 1.90 bits per heavy atom. The van der Waals surface area contributed by atoms with Crippen LogP contribution in [-0.2, 0) is 4.79 Å². The zero-order chi connectivity index (χ0) is 7.56. The van der Waals surface area contributed by atoms with Gasteiger partial charge in [0.05, 0.1) is 0 Å². The van der Waals surface area contributed by atoms with Gasteiger partial charge in [0, 0.05) is 17.9 Å². The third kappa shape index (κ3) is 1.11. The zero-order valence-corrected chi connectivity index (χ0v) is 6.05. The topological polar surface area (TPSA) is 17.1 Å². The van der Waals surface area contributed by atoms with Crippen LogP contribution < -0.4 is 0 Å². The molecule has 0 radical (unpaired) electrons. The van der Waals surface area contributed by atoms with Crippen LogP contribution in [0.25, 0.3) is 0 Å². The molecule has 10 heavy (non-hydrogen) atoms. The van der Waals surface area contributed by atoms with Crippen molar-refractivity contribution in [1.82, 2.24) is 0 Å². The van der Waals surface area contributed by atoms with E-state index in [1.807, 2.05) is 13.0 Å². The molecule has 0 aromatic rings.